The number of hydrogen-bond donors (Lipinski definition) is 0. The molecule has 0 aliphatic carbocycles. The van der Waals surface area contributed by atoms with E-state index in [1.165, 1.54) is 18.2 Å². The minimum absolute atomic E-state index is 0.188. The number of imide groups is 1. The van der Waals surface area contributed by atoms with Gasteiger partial charge in [-0.2, -0.15) is 0 Å². The summed E-state index contributed by atoms with van der Waals surface area (Å²) in [6.45, 7) is 4.99. The highest BCUT2D eigenvalue weighted by Gasteiger charge is 2.60. The van der Waals surface area contributed by atoms with Crippen LogP contribution in [0.25, 0.3) is 0 Å². The Bertz CT molecular complexity index is 1280. The summed E-state index contributed by atoms with van der Waals surface area (Å²) in [5.74, 6) is -1.14. The molecule has 2 heterocycles. The van der Waals surface area contributed by atoms with Gasteiger partial charge in [-0.3, -0.25) is 14.4 Å². The number of para-hydroxylation sites is 1. The lowest BCUT2D eigenvalue weighted by Gasteiger charge is -2.29. The van der Waals surface area contributed by atoms with Crippen molar-refractivity contribution in [2.45, 2.75) is 38.8 Å². The third kappa shape index (κ3) is 4.64. The molecule has 37 heavy (non-hydrogen) atoms. The van der Waals surface area contributed by atoms with Gasteiger partial charge >= 0.3 is 0 Å². The SMILES string of the molecule is CCCCOc1ccc([C@@H]2[C@@H]3C(=O)N(c4cccc(F)c4)C(=O)[C@H]3ON2c2ccccc2)cc1OCC. The van der Waals surface area contributed by atoms with E-state index in [0.717, 1.165) is 23.3 Å². The smallest absolute Gasteiger partial charge is 0.266 e. The second-order valence-corrected chi connectivity index (χ2v) is 8.99. The number of rotatable bonds is 9. The fourth-order valence-corrected chi connectivity index (χ4v) is 4.84. The zero-order valence-electron chi connectivity index (χ0n) is 20.8. The van der Waals surface area contributed by atoms with E-state index in [0.29, 0.717) is 30.4 Å². The predicted octanol–water partition coefficient (Wildman–Crippen LogP) is 5.45. The zero-order valence-corrected chi connectivity index (χ0v) is 20.8. The molecule has 3 aromatic rings. The molecule has 0 saturated carbocycles. The Balaban J connectivity index is 1.55. The van der Waals surface area contributed by atoms with Crippen molar-refractivity contribution in [1.29, 1.82) is 0 Å². The monoisotopic (exact) mass is 504 g/mol. The first-order valence-electron chi connectivity index (χ1n) is 12.6. The van der Waals surface area contributed by atoms with Crippen LogP contribution >= 0.6 is 0 Å². The van der Waals surface area contributed by atoms with Crippen LogP contribution in [-0.2, 0) is 14.4 Å². The number of nitrogens with zero attached hydrogens (tertiary/aromatic N) is 2. The Morgan fingerprint density at radius 1 is 0.865 bits per heavy atom. The van der Waals surface area contributed by atoms with E-state index in [2.05, 4.69) is 6.92 Å². The first-order valence-corrected chi connectivity index (χ1v) is 12.6. The largest absolute Gasteiger partial charge is 0.490 e. The molecule has 8 heteroatoms. The summed E-state index contributed by atoms with van der Waals surface area (Å²) in [7, 11) is 0. The van der Waals surface area contributed by atoms with Gasteiger partial charge in [0.25, 0.3) is 5.91 Å². The fourth-order valence-electron chi connectivity index (χ4n) is 4.84. The van der Waals surface area contributed by atoms with Crippen molar-refractivity contribution < 1.29 is 28.3 Å². The Kier molecular flexibility index (Phi) is 7.10. The highest BCUT2D eigenvalue weighted by atomic mass is 19.1. The van der Waals surface area contributed by atoms with Crippen LogP contribution < -0.4 is 19.4 Å². The van der Waals surface area contributed by atoms with Crippen molar-refractivity contribution in [3.63, 3.8) is 0 Å². The standard InChI is InChI=1S/C29H29FN2O5/c1-3-5-16-36-23-15-14-19(17-24(23)35-4-2)26-25-27(37-32(26)21-11-7-6-8-12-21)29(34)31(28(25)33)22-13-9-10-20(30)18-22/h6-15,17-18,25-27H,3-5,16H2,1-2H3/t25-,26+,27-/m0/s1. The van der Waals surface area contributed by atoms with Gasteiger partial charge in [-0.05, 0) is 61.4 Å². The van der Waals surface area contributed by atoms with E-state index < -0.39 is 35.7 Å². The lowest BCUT2D eigenvalue weighted by Crippen LogP contribution is -2.37. The molecule has 0 spiro atoms. The molecule has 2 fully saturated rings. The first kappa shape index (κ1) is 24.8. The van der Waals surface area contributed by atoms with Crippen molar-refractivity contribution in [2.75, 3.05) is 23.2 Å². The molecule has 2 amide bonds. The molecular weight excluding hydrogens is 475 g/mol. The predicted molar refractivity (Wildman–Crippen MR) is 137 cm³/mol. The van der Waals surface area contributed by atoms with Crippen molar-refractivity contribution in [3.8, 4) is 11.5 Å². The molecule has 0 unspecified atom stereocenters. The van der Waals surface area contributed by atoms with Crippen LogP contribution in [0.5, 0.6) is 11.5 Å². The number of anilines is 2. The minimum atomic E-state index is -1.04. The van der Waals surface area contributed by atoms with Crippen LogP contribution in [0.1, 0.15) is 38.3 Å². The van der Waals surface area contributed by atoms with Gasteiger partial charge in [0.1, 0.15) is 11.7 Å². The number of carbonyl (C=O) groups excluding carboxylic acids is 2. The first-order chi connectivity index (χ1) is 18.0. The molecule has 3 aromatic carbocycles. The molecule has 5 rings (SSSR count). The normalized spacial score (nSPS) is 20.9. The van der Waals surface area contributed by atoms with E-state index in [9.17, 15) is 14.0 Å². The number of ether oxygens (including phenoxy) is 2. The number of amides is 2. The molecule has 192 valence electrons. The molecule has 0 aromatic heterocycles. The summed E-state index contributed by atoms with van der Waals surface area (Å²) >= 11 is 0. The Labute approximate surface area is 215 Å². The van der Waals surface area contributed by atoms with Gasteiger partial charge in [0, 0.05) is 0 Å². The summed E-state index contributed by atoms with van der Waals surface area (Å²) in [5, 5.41) is 1.62. The Morgan fingerprint density at radius 2 is 1.65 bits per heavy atom. The van der Waals surface area contributed by atoms with Crippen molar-refractivity contribution in [2.24, 2.45) is 5.92 Å². The van der Waals surface area contributed by atoms with Crippen LogP contribution in [0.3, 0.4) is 0 Å². The maximum absolute atomic E-state index is 13.9. The van der Waals surface area contributed by atoms with Crippen LogP contribution in [0, 0.1) is 11.7 Å². The highest BCUT2D eigenvalue weighted by Crippen LogP contribution is 2.48. The molecule has 2 aliphatic heterocycles. The molecule has 2 saturated heterocycles. The molecule has 0 radical (unpaired) electrons. The van der Waals surface area contributed by atoms with E-state index in [1.807, 2.05) is 55.5 Å². The van der Waals surface area contributed by atoms with E-state index >= 15 is 0 Å². The minimum Gasteiger partial charge on any atom is -0.490 e. The summed E-state index contributed by atoms with van der Waals surface area (Å²) in [5.41, 5.74) is 1.64. The second kappa shape index (κ2) is 10.6. The number of carbonyl (C=O) groups is 2. The average molecular weight is 505 g/mol. The van der Waals surface area contributed by atoms with Crippen molar-refractivity contribution in [1.82, 2.24) is 0 Å². The number of fused-ring (bicyclic) bond motifs is 1. The van der Waals surface area contributed by atoms with Crippen LogP contribution in [0.2, 0.25) is 0 Å². The quantitative estimate of drug-likeness (QED) is 0.285. The third-order valence-corrected chi connectivity index (χ3v) is 6.56. The topological polar surface area (TPSA) is 68.3 Å². The molecule has 3 atom stereocenters. The Hall–Kier alpha value is -3.91. The zero-order chi connectivity index (χ0) is 25.9. The molecule has 0 N–H and O–H groups in total. The molecule has 0 bridgehead atoms. The van der Waals surface area contributed by atoms with Gasteiger partial charge in [-0.25, -0.2) is 14.4 Å². The van der Waals surface area contributed by atoms with Crippen LogP contribution in [0.15, 0.2) is 72.8 Å². The molecule has 7 nitrogen and oxygen atoms in total. The van der Waals surface area contributed by atoms with Crippen molar-refractivity contribution in [3.05, 3.63) is 84.2 Å². The van der Waals surface area contributed by atoms with Gasteiger partial charge in [-0.1, -0.05) is 43.7 Å². The number of hydroxylamine groups is 1. The summed E-state index contributed by atoms with van der Waals surface area (Å²) < 4.78 is 25.8. The Morgan fingerprint density at radius 3 is 2.38 bits per heavy atom. The van der Waals surface area contributed by atoms with E-state index in [-0.39, 0.29) is 5.69 Å². The van der Waals surface area contributed by atoms with Gasteiger partial charge in [-0.15, -0.1) is 0 Å². The lowest BCUT2D eigenvalue weighted by molar-refractivity contribution is -0.126. The van der Waals surface area contributed by atoms with E-state index in [1.54, 1.807) is 11.1 Å². The van der Waals surface area contributed by atoms with Gasteiger partial charge in [0.05, 0.1) is 30.6 Å². The summed E-state index contributed by atoms with van der Waals surface area (Å²) in [6.07, 6.45) is 0.883. The molecular formula is C29H29FN2O5. The maximum Gasteiger partial charge on any atom is 0.266 e. The van der Waals surface area contributed by atoms with Gasteiger partial charge in [0.2, 0.25) is 5.91 Å². The lowest BCUT2D eigenvalue weighted by atomic mass is 9.90. The maximum atomic E-state index is 13.9. The van der Waals surface area contributed by atoms with E-state index in [4.69, 9.17) is 14.3 Å². The molecule has 2 aliphatic rings. The van der Waals surface area contributed by atoms with Crippen LogP contribution in [0.4, 0.5) is 15.8 Å². The van der Waals surface area contributed by atoms with Gasteiger partial charge < -0.3 is 9.47 Å². The van der Waals surface area contributed by atoms with Gasteiger partial charge in [0.15, 0.2) is 17.6 Å². The highest BCUT2D eigenvalue weighted by molar-refractivity contribution is 6.23. The van der Waals surface area contributed by atoms with Crippen LogP contribution in [-0.4, -0.2) is 31.1 Å². The number of halogens is 1. The number of benzene rings is 3. The summed E-state index contributed by atoms with van der Waals surface area (Å²) in [4.78, 5) is 34.4. The second-order valence-electron chi connectivity index (χ2n) is 8.99. The van der Waals surface area contributed by atoms with Crippen molar-refractivity contribution >= 4 is 23.2 Å². The average Bonchev–Trinajstić information content (AvgIpc) is 3.41. The summed E-state index contributed by atoms with van der Waals surface area (Å²) in [6, 6.07) is 19.7. The third-order valence-electron chi connectivity index (χ3n) is 6.56. The number of unbranched alkanes of at least 4 members (excludes halogenated alkanes) is 1. The number of hydrogen-bond acceptors (Lipinski definition) is 6. The fraction of sp³-hybridized carbons (Fsp3) is 0.310.